The Kier molecular flexibility index (Phi) is 3.13. The molecule has 2 nitrogen and oxygen atoms in total. The first kappa shape index (κ1) is 10.0. The fourth-order valence-electron chi connectivity index (χ4n) is 1.48. The molecule has 0 aromatic carbocycles. The summed E-state index contributed by atoms with van der Waals surface area (Å²) in [6.07, 6.45) is 3.87. The van der Waals surface area contributed by atoms with Crippen LogP contribution in [0.4, 0.5) is 0 Å². The maximum absolute atomic E-state index is 6.05. The largest absolute Gasteiger partial charge is 0.374 e. The van der Waals surface area contributed by atoms with E-state index < -0.39 is 0 Å². The van der Waals surface area contributed by atoms with Crippen LogP contribution in [0.15, 0.2) is 0 Å². The Hall–Kier alpha value is -0.0800. The van der Waals surface area contributed by atoms with Gasteiger partial charge in [-0.1, -0.05) is 12.8 Å². The van der Waals surface area contributed by atoms with Gasteiger partial charge in [-0.15, -0.1) is 0 Å². The molecule has 0 radical (unpaired) electrons. The molecule has 0 aliphatic heterocycles. The average Bonchev–Trinajstić information content (AvgIpc) is 2.71. The van der Waals surface area contributed by atoms with E-state index in [9.17, 15) is 0 Å². The highest BCUT2D eigenvalue weighted by Crippen LogP contribution is 2.35. The summed E-state index contributed by atoms with van der Waals surface area (Å²) in [6.45, 7) is 6.95. The van der Waals surface area contributed by atoms with Crippen molar-refractivity contribution < 1.29 is 4.74 Å². The van der Waals surface area contributed by atoms with Gasteiger partial charge in [0, 0.05) is 12.6 Å². The normalized spacial score (nSPS) is 21.0. The van der Waals surface area contributed by atoms with Crippen LogP contribution in [-0.4, -0.2) is 18.2 Å². The molecule has 1 saturated carbocycles. The summed E-state index contributed by atoms with van der Waals surface area (Å²) < 4.78 is 5.59. The maximum atomic E-state index is 6.05. The predicted molar refractivity (Wildman–Crippen MR) is 51.0 cm³/mol. The van der Waals surface area contributed by atoms with Crippen molar-refractivity contribution in [3.63, 3.8) is 0 Å². The molecule has 0 aromatic rings. The van der Waals surface area contributed by atoms with Gasteiger partial charge in [0.15, 0.2) is 0 Å². The smallest absolute Gasteiger partial charge is 0.0776 e. The van der Waals surface area contributed by atoms with E-state index in [0.717, 1.165) is 18.9 Å². The SMILES string of the molecule is CCOC(C)(C)C(N)CC1CC1. The van der Waals surface area contributed by atoms with Crippen LogP contribution in [0.3, 0.4) is 0 Å². The number of hydrogen-bond acceptors (Lipinski definition) is 2. The first-order valence-electron chi connectivity index (χ1n) is 4.95. The monoisotopic (exact) mass is 171 g/mol. The van der Waals surface area contributed by atoms with E-state index in [-0.39, 0.29) is 11.6 Å². The van der Waals surface area contributed by atoms with Crippen LogP contribution < -0.4 is 5.73 Å². The zero-order valence-electron chi connectivity index (χ0n) is 8.47. The number of hydrogen-bond donors (Lipinski definition) is 1. The molecule has 0 spiro atoms. The highest BCUT2D eigenvalue weighted by Gasteiger charge is 2.32. The quantitative estimate of drug-likeness (QED) is 0.686. The molecule has 1 unspecified atom stereocenters. The van der Waals surface area contributed by atoms with Gasteiger partial charge in [-0.3, -0.25) is 0 Å². The molecule has 12 heavy (non-hydrogen) atoms. The minimum absolute atomic E-state index is 0.142. The standard InChI is InChI=1S/C10H21NO/c1-4-12-10(2,3)9(11)7-8-5-6-8/h8-9H,4-7,11H2,1-3H3. The van der Waals surface area contributed by atoms with Crippen LogP contribution in [0.5, 0.6) is 0 Å². The molecular formula is C10H21NO. The Labute approximate surface area is 75.5 Å². The summed E-state index contributed by atoms with van der Waals surface area (Å²) in [5.41, 5.74) is 5.91. The Morgan fingerprint density at radius 3 is 2.50 bits per heavy atom. The van der Waals surface area contributed by atoms with Crippen molar-refractivity contribution in [2.45, 2.75) is 51.7 Å². The fourth-order valence-corrected chi connectivity index (χ4v) is 1.48. The number of nitrogens with two attached hydrogens (primary N) is 1. The Morgan fingerprint density at radius 2 is 2.08 bits per heavy atom. The lowest BCUT2D eigenvalue weighted by atomic mass is 9.94. The van der Waals surface area contributed by atoms with E-state index in [1.165, 1.54) is 12.8 Å². The van der Waals surface area contributed by atoms with Gasteiger partial charge < -0.3 is 10.5 Å². The molecule has 1 fully saturated rings. The van der Waals surface area contributed by atoms with Crippen LogP contribution in [-0.2, 0) is 4.74 Å². The van der Waals surface area contributed by atoms with Crippen molar-refractivity contribution >= 4 is 0 Å². The lowest BCUT2D eigenvalue weighted by molar-refractivity contribution is -0.0318. The van der Waals surface area contributed by atoms with E-state index in [1.54, 1.807) is 0 Å². The molecule has 0 aromatic heterocycles. The van der Waals surface area contributed by atoms with Gasteiger partial charge in [-0.05, 0) is 33.1 Å². The second kappa shape index (κ2) is 3.75. The third-order valence-electron chi connectivity index (χ3n) is 2.69. The van der Waals surface area contributed by atoms with E-state index in [2.05, 4.69) is 13.8 Å². The van der Waals surface area contributed by atoms with Crippen LogP contribution in [0.1, 0.15) is 40.0 Å². The van der Waals surface area contributed by atoms with Crippen molar-refractivity contribution in [2.24, 2.45) is 11.7 Å². The van der Waals surface area contributed by atoms with Crippen molar-refractivity contribution in [3.8, 4) is 0 Å². The number of rotatable bonds is 5. The van der Waals surface area contributed by atoms with Gasteiger partial charge in [0.1, 0.15) is 0 Å². The molecule has 2 heteroatoms. The Morgan fingerprint density at radius 1 is 1.50 bits per heavy atom. The van der Waals surface area contributed by atoms with Crippen LogP contribution in [0.2, 0.25) is 0 Å². The molecule has 0 amide bonds. The van der Waals surface area contributed by atoms with Gasteiger partial charge in [-0.2, -0.15) is 0 Å². The molecule has 0 saturated heterocycles. The summed E-state index contributed by atoms with van der Waals surface area (Å²) >= 11 is 0. The molecule has 0 heterocycles. The van der Waals surface area contributed by atoms with Crippen molar-refractivity contribution in [3.05, 3.63) is 0 Å². The molecule has 1 aliphatic carbocycles. The first-order chi connectivity index (χ1) is 5.56. The topological polar surface area (TPSA) is 35.2 Å². The van der Waals surface area contributed by atoms with E-state index >= 15 is 0 Å². The van der Waals surface area contributed by atoms with Gasteiger partial charge >= 0.3 is 0 Å². The molecule has 1 rings (SSSR count). The second-order valence-electron chi connectivity index (χ2n) is 4.32. The van der Waals surface area contributed by atoms with Crippen LogP contribution in [0.25, 0.3) is 0 Å². The maximum Gasteiger partial charge on any atom is 0.0776 e. The molecule has 0 bridgehead atoms. The molecule has 1 aliphatic rings. The van der Waals surface area contributed by atoms with E-state index in [1.807, 2.05) is 6.92 Å². The Bertz CT molecular complexity index is 141. The van der Waals surface area contributed by atoms with Crippen LogP contribution in [0, 0.1) is 5.92 Å². The van der Waals surface area contributed by atoms with Crippen LogP contribution >= 0.6 is 0 Å². The highest BCUT2D eigenvalue weighted by molar-refractivity contribution is 4.88. The third-order valence-corrected chi connectivity index (χ3v) is 2.69. The Balaban J connectivity index is 2.30. The zero-order valence-corrected chi connectivity index (χ0v) is 8.47. The van der Waals surface area contributed by atoms with Gasteiger partial charge in [0.05, 0.1) is 5.60 Å². The second-order valence-corrected chi connectivity index (χ2v) is 4.32. The van der Waals surface area contributed by atoms with Crippen molar-refractivity contribution in [1.82, 2.24) is 0 Å². The lowest BCUT2D eigenvalue weighted by Crippen LogP contribution is -2.45. The summed E-state index contributed by atoms with van der Waals surface area (Å²) in [4.78, 5) is 0. The third kappa shape index (κ3) is 2.76. The molecular weight excluding hydrogens is 150 g/mol. The molecule has 1 atom stereocenters. The van der Waals surface area contributed by atoms with Gasteiger partial charge in [0.2, 0.25) is 0 Å². The minimum atomic E-state index is -0.142. The minimum Gasteiger partial charge on any atom is -0.374 e. The summed E-state index contributed by atoms with van der Waals surface area (Å²) in [7, 11) is 0. The lowest BCUT2D eigenvalue weighted by Gasteiger charge is -2.31. The van der Waals surface area contributed by atoms with Gasteiger partial charge in [-0.25, -0.2) is 0 Å². The van der Waals surface area contributed by atoms with E-state index in [4.69, 9.17) is 10.5 Å². The van der Waals surface area contributed by atoms with Gasteiger partial charge in [0.25, 0.3) is 0 Å². The zero-order chi connectivity index (χ0) is 9.19. The number of ether oxygens (including phenoxy) is 1. The predicted octanol–water partition coefficient (Wildman–Crippen LogP) is 1.93. The highest BCUT2D eigenvalue weighted by atomic mass is 16.5. The average molecular weight is 171 g/mol. The fraction of sp³-hybridized carbons (Fsp3) is 1.00. The van der Waals surface area contributed by atoms with Crippen molar-refractivity contribution in [1.29, 1.82) is 0 Å². The summed E-state index contributed by atoms with van der Waals surface area (Å²) in [5, 5.41) is 0. The first-order valence-corrected chi connectivity index (χ1v) is 4.95. The van der Waals surface area contributed by atoms with Crippen molar-refractivity contribution in [2.75, 3.05) is 6.61 Å². The van der Waals surface area contributed by atoms with E-state index in [0.29, 0.717) is 0 Å². The molecule has 2 N–H and O–H groups in total. The summed E-state index contributed by atoms with van der Waals surface area (Å²) in [6, 6.07) is 0.199. The summed E-state index contributed by atoms with van der Waals surface area (Å²) in [5.74, 6) is 0.889. The molecule has 72 valence electrons.